The fourth-order valence-electron chi connectivity index (χ4n) is 2.71. The lowest BCUT2D eigenvalue weighted by Gasteiger charge is -2.13. The molecule has 0 bridgehead atoms. The van der Waals surface area contributed by atoms with Crippen molar-refractivity contribution in [1.29, 1.82) is 0 Å². The maximum Gasteiger partial charge on any atom is 0.221 e. The zero-order valence-electron chi connectivity index (χ0n) is 16.9. The van der Waals surface area contributed by atoms with Gasteiger partial charge < -0.3 is 20.3 Å². The van der Waals surface area contributed by atoms with Crippen LogP contribution in [0.2, 0.25) is 0 Å². The molecule has 152 valence electrons. The molecule has 0 spiro atoms. The number of aromatic hydroxyl groups is 2. The summed E-state index contributed by atoms with van der Waals surface area (Å²) in [4.78, 5) is 23.8. The molecule has 0 unspecified atom stereocenters. The van der Waals surface area contributed by atoms with Gasteiger partial charge in [-0.1, -0.05) is 29.9 Å². The average Bonchev–Trinajstić information content (AvgIpc) is 2.65. The Kier molecular flexibility index (Phi) is 7.20. The molecule has 0 heterocycles. The highest BCUT2D eigenvalue weighted by Crippen LogP contribution is 2.39. The first-order chi connectivity index (χ1) is 13.7. The molecule has 3 N–H and O–H groups in total. The number of amides is 1. The van der Waals surface area contributed by atoms with Crippen LogP contribution in [0.1, 0.15) is 42.3 Å². The zero-order valence-corrected chi connectivity index (χ0v) is 16.9. The molecule has 0 aliphatic carbocycles. The minimum absolute atomic E-state index is 0.00595. The van der Waals surface area contributed by atoms with Crippen molar-refractivity contribution in [2.24, 2.45) is 0 Å². The number of anilines is 1. The summed E-state index contributed by atoms with van der Waals surface area (Å²) < 4.78 is 5.18. The second-order valence-electron chi connectivity index (χ2n) is 6.79. The number of phenols is 2. The average molecular weight is 395 g/mol. The number of carbonyl (C=O) groups is 2. The van der Waals surface area contributed by atoms with Crippen LogP contribution < -0.4 is 10.1 Å². The smallest absolute Gasteiger partial charge is 0.221 e. The molecule has 0 aliphatic rings. The Balaban J connectivity index is 2.33. The molecule has 0 saturated heterocycles. The van der Waals surface area contributed by atoms with Crippen molar-refractivity contribution < 1.29 is 24.5 Å². The van der Waals surface area contributed by atoms with E-state index in [0.29, 0.717) is 12.1 Å². The molecule has 1 amide bonds. The van der Waals surface area contributed by atoms with Crippen LogP contribution >= 0.6 is 0 Å². The quantitative estimate of drug-likeness (QED) is 0.365. The van der Waals surface area contributed by atoms with Crippen molar-refractivity contribution in [2.75, 3.05) is 12.4 Å². The summed E-state index contributed by atoms with van der Waals surface area (Å²) in [6.45, 7) is 5.24. The minimum Gasteiger partial charge on any atom is -0.507 e. The van der Waals surface area contributed by atoms with E-state index in [1.807, 2.05) is 19.9 Å². The van der Waals surface area contributed by atoms with Gasteiger partial charge >= 0.3 is 0 Å². The third kappa shape index (κ3) is 5.72. The predicted molar refractivity (Wildman–Crippen MR) is 114 cm³/mol. The molecule has 2 aromatic carbocycles. The molecule has 0 atom stereocenters. The summed E-state index contributed by atoms with van der Waals surface area (Å²) in [5.74, 6) is -0.955. The van der Waals surface area contributed by atoms with Gasteiger partial charge in [-0.05, 0) is 44.0 Å². The second-order valence-corrected chi connectivity index (χ2v) is 6.79. The summed E-state index contributed by atoms with van der Waals surface area (Å²) in [6, 6.07) is 8.28. The lowest BCUT2D eigenvalue weighted by atomic mass is 9.99. The van der Waals surface area contributed by atoms with Crippen LogP contribution in [0.5, 0.6) is 17.2 Å². The molecule has 0 fully saturated rings. The van der Waals surface area contributed by atoms with Gasteiger partial charge in [0.25, 0.3) is 0 Å². The van der Waals surface area contributed by atoms with E-state index in [4.69, 9.17) is 4.74 Å². The number of nitrogens with one attached hydrogen (secondary N) is 1. The number of rotatable bonds is 7. The highest BCUT2D eigenvalue weighted by molar-refractivity contribution is 6.11. The van der Waals surface area contributed by atoms with Crippen LogP contribution in [0.3, 0.4) is 0 Å². The van der Waals surface area contributed by atoms with Gasteiger partial charge in [0.05, 0.1) is 7.11 Å². The highest BCUT2D eigenvalue weighted by atomic mass is 16.5. The van der Waals surface area contributed by atoms with Gasteiger partial charge in [-0.3, -0.25) is 9.59 Å². The Morgan fingerprint density at radius 2 is 1.76 bits per heavy atom. The van der Waals surface area contributed by atoms with Crippen molar-refractivity contribution in [2.45, 2.75) is 27.2 Å². The highest BCUT2D eigenvalue weighted by Gasteiger charge is 2.21. The Morgan fingerprint density at radius 3 is 2.31 bits per heavy atom. The van der Waals surface area contributed by atoms with Crippen LogP contribution in [0, 0.1) is 0 Å². The van der Waals surface area contributed by atoms with Crippen LogP contribution in [0.25, 0.3) is 6.08 Å². The Bertz CT molecular complexity index is 968. The van der Waals surface area contributed by atoms with E-state index < -0.39 is 5.78 Å². The third-order valence-corrected chi connectivity index (χ3v) is 4.19. The molecular weight excluding hydrogens is 370 g/mol. The van der Waals surface area contributed by atoms with Crippen molar-refractivity contribution in [1.82, 2.24) is 0 Å². The standard InChI is InChI=1S/C23H25NO5/c1-14(2)5-11-18-20(27)13-21(29-4)22(23(18)28)19(26)12-8-16-6-9-17(10-7-16)24-15(3)25/h5-10,12-13,27-28H,11H2,1-4H3,(H,24,25)/b12-8+. The van der Waals surface area contributed by atoms with Crippen LogP contribution in [0.15, 0.2) is 48.1 Å². The number of hydrogen-bond donors (Lipinski definition) is 3. The normalized spacial score (nSPS) is 10.6. The van der Waals surface area contributed by atoms with Gasteiger partial charge in [0.15, 0.2) is 5.78 Å². The molecule has 0 aliphatic heterocycles. The van der Waals surface area contributed by atoms with Gasteiger partial charge in [0.1, 0.15) is 22.8 Å². The molecule has 6 nitrogen and oxygen atoms in total. The number of benzene rings is 2. The first-order valence-corrected chi connectivity index (χ1v) is 9.08. The van der Waals surface area contributed by atoms with Crippen molar-refractivity contribution in [3.63, 3.8) is 0 Å². The molecule has 2 aromatic rings. The van der Waals surface area contributed by atoms with Gasteiger partial charge in [-0.25, -0.2) is 0 Å². The number of allylic oxidation sites excluding steroid dienone is 3. The number of hydrogen-bond acceptors (Lipinski definition) is 5. The first-order valence-electron chi connectivity index (χ1n) is 9.08. The Hall–Kier alpha value is -3.54. The number of phenolic OH excluding ortho intramolecular Hbond substituents is 2. The van der Waals surface area contributed by atoms with E-state index in [1.165, 1.54) is 26.2 Å². The fourth-order valence-corrected chi connectivity index (χ4v) is 2.71. The van der Waals surface area contributed by atoms with Crippen molar-refractivity contribution in [3.05, 3.63) is 64.7 Å². The molecule has 0 aromatic heterocycles. The lowest BCUT2D eigenvalue weighted by Crippen LogP contribution is -2.05. The molecule has 6 heteroatoms. The second kappa shape index (κ2) is 9.59. The van der Waals surface area contributed by atoms with Gasteiger partial charge in [-0.15, -0.1) is 0 Å². The van der Waals surface area contributed by atoms with Gasteiger partial charge in [0.2, 0.25) is 5.91 Å². The largest absolute Gasteiger partial charge is 0.507 e. The maximum atomic E-state index is 12.8. The van der Waals surface area contributed by atoms with Crippen LogP contribution in [-0.2, 0) is 11.2 Å². The lowest BCUT2D eigenvalue weighted by molar-refractivity contribution is -0.114. The summed E-state index contributed by atoms with van der Waals surface area (Å²) in [6.07, 6.45) is 5.06. The first kappa shape index (κ1) is 21.8. The number of ether oxygens (including phenoxy) is 1. The number of methoxy groups -OCH3 is 1. The van der Waals surface area contributed by atoms with E-state index in [1.54, 1.807) is 30.3 Å². The summed E-state index contributed by atoms with van der Waals surface area (Å²) in [7, 11) is 1.37. The van der Waals surface area contributed by atoms with Crippen molar-refractivity contribution in [3.8, 4) is 17.2 Å². The third-order valence-electron chi connectivity index (χ3n) is 4.19. The van der Waals surface area contributed by atoms with E-state index in [-0.39, 0.29) is 34.3 Å². The van der Waals surface area contributed by atoms with Crippen LogP contribution in [0.4, 0.5) is 5.69 Å². The SMILES string of the molecule is COc1cc(O)c(CC=C(C)C)c(O)c1C(=O)/C=C/c1ccc(NC(C)=O)cc1. The molecule has 29 heavy (non-hydrogen) atoms. The van der Waals surface area contributed by atoms with Gasteiger partial charge in [0, 0.05) is 24.2 Å². The Labute approximate surface area is 170 Å². The predicted octanol–water partition coefficient (Wildman–Crippen LogP) is 4.47. The van der Waals surface area contributed by atoms with Crippen LogP contribution in [-0.4, -0.2) is 29.0 Å². The zero-order chi connectivity index (χ0) is 21.6. The summed E-state index contributed by atoms with van der Waals surface area (Å²) >= 11 is 0. The molecular formula is C23H25NO5. The van der Waals surface area contributed by atoms with Gasteiger partial charge in [-0.2, -0.15) is 0 Å². The molecule has 2 rings (SSSR count). The minimum atomic E-state index is -0.455. The number of ketones is 1. The maximum absolute atomic E-state index is 12.8. The molecule has 0 saturated carbocycles. The summed E-state index contributed by atoms with van der Waals surface area (Å²) in [5.41, 5.74) is 2.68. The topological polar surface area (TPSA) is 95.9 Å². The van der Waals surface area contributed by atoms with E-state index in [9.17, 15) is 19.8 Å². The van der Waals surface area contributed by atoms with E-state index >= 15 is 0 Å². The van der Waals surface area contributed by atoms with E-state index in [2.05, 4.69) is 5.32 Å². The van der Waals surface area contributed by atoms with Crippen molar-refractivity contribution >= 4 is 23.5 Å². The number of carbonyl (C=O) groups excluding carboxylic acids is 2. The van der Waals surface area contributed by atoms with E-state index in [0.717, 1.165) is 11.1 Å². The molecule has 0 radical (unpaired) electrons. The monoisotopic (exact) mass is 395 g/mol. The summed E-state index contributed by atoms with van der Waals surface area (Å²) in [5, 5.41) is 23.5. The Morgan fingerprint density at radius 1 is 1.10 bits per heavy atom. The fraction of sp³-hybridized carbons (Fsp3) is 0.217.